The topological polar surface area (TPSA) is 30.5 Å². The molecule has 1 aromatic rings. The van der Waals surface area contributed by atoms with Gasteiger partial charge in [-0.05, 0) is 69.2 Å². The molecule has 3 heteroatoms. The molecule has 0 aliphatic heterocycles. The molecule has 2 rings (SSSR count). The van der Waals surface area contributed by atoms with E-state index in [-0.39, 0.29) is 0 Å². The average molecular weight is 291 g/mol. The van der Waals surface area contributed by atoms with Gasteiger partial charge < -0.3 is 14.8 Å². The van der Waals surface area contributed by atoms with Crippen LogP contribution in [0.3, 0.4) is 0 Å². The first-order valence-electron chi connectivity index (χ1n) is 8.22. The Morgan fingerprint density at radius 3 is 2.67 bits per heavy atom. The molecule has 0 amide bonds. The summed E-state index contributed by atoms with van der Waals surface area (Å²) in [7, 11) is 1.70. The molecule has 0 spiro atoms. The minimum absolute atomic E-state index is 0.551. The van der Waals surface area contributed by atoms with Crippen molar-refractivity contribution in [3.63, 3.8) is 0 Å². The molecule has 3 nitrogen and oxygen atoms in total. The molecule has 1 aliphatic carbocycles. The first kappa shape index (κ1) is 16.3. The van der Waals surface area contributed by atoms with Crippen LogP contribution in [0.1, 0.15) is 38.2 Å². The maximum atomic E-state index is 5.64. The number of benzene rings is 1. The van der Waals surface area contributed by atoms with Crippen molar-refractivity contribution in [1.29, 1.82) is 0 Å². The van der Waals surface area contributed by atoms with Crippen molar-refractivity contribution in [3.05, 3.63) is 29.8 Å². The van der Waals surface area contributed by atoms with Crippen LogP contribution in [0.4, 0.5) is 0 Å². The second-order valence-corrected chi connectivity index (χ2v) is 6.11. The molecule has 0 saturated heterocycles. The van der Waals surface area contributed by atoms with E-state index in [0.717, 1.165) is 50.7 Å². The number of ether oxygens (including phenoxy) is 2. The molecule has 1 N–H and O–H groups in total. The molecule has 0 radical (unpaired) electrons. The number of rotatable bonds is 11. The molecule has 1 saturated carbocycles. The maximum absolute atomic E-state index is 5.64. The molecule has 1 aromatic carbocycles. The summed E-state index contributed by atoms with van der Waals surface area (Å²) in [5, 5.41) is 3.57. The van der Waals surface area contributed by atoms with Gasteiger partial charge in [-0.15, -0.1) is 0 Å². The van der Waals surface area contributed by atoms with Gasteiger partial charge in [0.1, 0.15) is 5.75 Å². The molecular weight excluding hydrogens is 262 g/mol. The summed E-state index contributed by atoms with van der Waals surface area (Å²) in [5.41, 5.74) is 1.37. The molecule has 21 heavy (non-hydrogen) atoms. The van der Waals surface area contributed by atoms with Crippen molar-refractivity contribution in [2.24, 2.45) is 5.92 Å². The minimum atomic E-state index is 0.551. The number of aryl methyl sites for hydroxylation is 1. The van der Waals surface area contributed by atoms with Crippen LogP contribution in [0.2, 0.25) is 0 Å². The Labute approximate surface area is 129 Å². The van der Waals surface area contributed by atoms with Crippen LogP contribution in [-0.2, 0) is 11.2 Å². The monoisotopic (exact) mass is 291 g/mol. The fourth-order valence-electron chi connectivity index (χ4n) is 2.33. The highest BCUT2D eigenvalue weighted by molar-refractivity contribution is 5.27. The number of hydrogen-bond donors (Lipinski definition) is 1. The van der Waals surface area contributed by atoms with Gasteiger partial charge in [0.05, 0.1) is 7.11 Å². The Morgan fingerprint density at radius 1 is 1.24 bits per heavy atom. The van der Waals surface area contributed by atoms with E-state index in [1.54, 1.807) is 7.11 Å². The fourth-order valence-corrected chi connectivity index (χ4v) is 2.33. The van der Waals surface area contributed by atoms with Crippen molar-refractivity contribution in [3.8, 4) is 5.75 Å². The van der Waals surface area contributed by atoms with E-state index in [1.807, 2.05) is 12.1 Å². The lowest BCUT2D eigenvalue weighted by molar-refractivity contribution is 0.121. The molecule has 1 aliphatic rings. The second kappa shape index (κ2) is 9.06. The van der Waals surface area contributed by atoms with E-state index < -0.39 is 0 Å². The standard InChI is InChI=1S/C18H29NO2/c1-15(19-12-3-13-21-14-17-6-7-17)4-5-16-8-10-18(20-2)11-9-16/h8-11,15,17,19H,3-7,12-14H2,1-2H3. The summed E-state index contributed by atoms with van der Waals surface area (Å²) in [6, 6.07) is 8.92. The highest BCUT2D eigenvalue weighted by atomic mass is 16.5. The van der Waals surface area contributed by atoms with Gasteiger partial charge in [-0.25, -0.2) is 0 Å². The highest BCUT2D eigenvalue weighted by Gasteiger charge is 2.20. The van der Waals surface area contributed by atoms with Gasteiger partial charge in [0.2, 0.25) is 0 Å². The molecule has 0 bridgehead atoms. The van der Waals surface area contributed by atoms with Gasteiger partial charge in [0.25, 0.3) is 0 Å². The summed E-state index contributed by atoms with van der Waals surface area (Å²) in [5.74, 6) is 1.80. The lowest BCUT2D eigenvalue weighted by Gasteiger charge is -2.14. The van der Waals surface area contributed by atoms with E-state index in [4.69, 9.17) is 9.47 Å². The third-order valence-electron chi connectivity index (χ3n) is 4.03. The average Bonchev–Trinajstić information content (AvgIpc) is 3.33. The fraction of sp³-hybridized carbons (Fsp3) is 0.667. The summed E-state index contributed by atoms with van der Waals surface area (Å²) in [4.78, 5) is 0. The quantitative estimate of drug-likeness (QED) is 0.634. The van der Waals surface area contributed by atoms with Crippen LogP contribution in [0.5, 0.6) is 5.75 Å². The van der Waals surface area contributed by atoms with Gasteiger partial charge in [-0.2, -0.15) is 0 Å². The Morgan fingerprint density at radius 2 is 2.00 bits per heavy atom. The largest absolute Gasteiger partial charge is 0.497 e. The summed E-state index contributed by atoms with van der Waals surface area (Å²) in [6.07, 6.45) is 6.13. The van der Waals surface area contributed by atoms with Gasteiger partial charge in [0, 0.05) is 19.3 Å². The number of nitrogens with one attached hydrogen (secondary N) is 1. The third-order valence-corrected chi connectivity index (χ3v) is 4.03. The molecule has 1 atom stereocenters. The Kier molecular flexibility index (Phi) is 7.04. The SMILES string of the molecule is COc1ccc(CCC(C)NCCCOCC2CC2)cc1. The van der Waals surface area contributed by atoms with Gasteiger partial charge >= 0.3 is 0 Å². The van der Waals surface area contributed by atoms with Gasteiger partial charge in [0.15, 0.2) is 0 Å². The first-order valence-corrected chi connectivity index (χ1v) is 8.22. The highest BCUT2D eigenvalue weighted by Crippen LogP contribution is 2.28. The summed E-state index contributed by atoms with van der Waals surface area (Å²) < 4.78 is 10.8. The van der Waals surface area contributed by atoms with E-state index in [1.165, 1.54) is 18.4 Å². The third kappa shape index (κ3) is 6.96. The van der Waals surface area contributed by atoms with Gasteiger partial charge in [-0.3, -0.25) is 0 Å². The number of hydrogen-bond acceptors (Lipinski definition) is 3. The van der Waals surface area contributed by atoms with Gasteiger partial charge in [-0.1, -0.05) is 12.1 Å². The van der Waals surface area contributed by atoms with E-state index in [2.05, 4.69) is 24.4 Å². The Balaban J connectivity index is 1.48. The van der Waals surface area contributed by atoms with Crippen molar-refractivity contribution in [2.75, 3.05) is 26.9 Å². The smallest absolute Gasteiger partial charge is 0.118 e. The van der Waals surface area contributed by atoms with Crippen LogP contribution >= 0.6 is 0 Å². The van der Waals surface area contributed by atoms with Crippen molar-refractivity contribution >= 4 is 0 Å². The lowest BCUT2D eigenvalue weighted by Crippen LogP contribution is -2.28. The van der Waals surface area contributed by atoms with Crippen molar-refractivity contribution in [1.82, 2.24) is 5.32 Å². The van der Waals surface area contributed by atoms with E-state index in [9.17, 15) is 0 Å². The van der Waals surface area contributed by atoms with Crippen LogP contribution in [0.15, 0.2) is 24.3 Å². The van der Waals surface area contributed by atoms with Crippen LogP contribution in [-0.4, -0.2) is 32.9 Å². The Bertz CT molecular complexity index is 387. The molecule has 0 aromatic heterocycles. The zero-order valence-corrected chi connectivity index (χ0v) is 13.4. The predicted molar refractivity (Wildman–Crippen MR) is 86.9 cm³/mol. The molecule has 1 unspecified atom stereocenters. The first-order chi connectivity index (χ1) is 10.3. The van der Waals surface area contributed by atoms with Crippen LogP contribution in [0.25, 0.3) is 0 Å². The van der Waals surface area contributed by atoms with Crippen LogP contribution in [0, 0.1) is 5.92 Å². The zero-order chi connectivity index (χ0) is 14.9. The van der Waals surface area contributed by atoms with E-state index in [0.29, 0.717) is 6.04 Å². The molecule has 1 fully saturated rings. The number of methoxy groups -OCH3 is 1. The summed E-state index contributed by atoms with van der Waals surface area (Å²) in [6.45, 7) is 5.19. The van der Waals surface area contributed by atoms with Crippen molar-refractivity contribution < 1.29 is 9.47 Å². The van der Waals surface area contributed by atoms with Crippen LogP contribution < -0.4 is 10.1 Å². The lowest BCUT2D eigenvalue weighted by atomic mass is 10.1. The molecule has 0 heterocycles. The van der Waals surface area contributed by atoms with E-state index >= 15 is 0 Å². The predicted octanol–water partition coefficient (Wildman–Crippen LogP) is 3.42. The van der Waals surface area contributed by atoms with Crippen molar-refractivity contribution in [2.45, 2.75) is 45.1 Å². The molecular formula is C18H29NO2. The summed E-state index contributed by atoms with van der Waals surface area (Å²) >= 11 is 0. The Hall–Kier alpha value is -1.06. The maximum Gasteiger partial charge on any atom is 0.118 e. The minimum Gasteiger partial charge on any atom is -0.497 e. The normalized spacial score (nSPS) is 15.9. The zero-order valence-electron chi connectivity index (χ0n) is 13.4. The second-order valence-electron chi connectivity index (χ2n) is 6.11. The molecule has 118 valence electrons.